The fraction of sp³-hybridized carbons (Fsp3) is 0.310. The zero-order chi connectivity index (χ0) is 31.1. The van der Waals surface area contributed by atoms with Gasteiger partial charge in [-0.1, -0.05) is 12.1 Å². The number of fused-ring (bicyclic) bond motifs is 1. The number of benzene rings is 2. The van der Waals surface area contributed by atoms with E-state index in [1.165, 1.54) is 34.6 Å². The molecule has 0 unspecified atom stereocenters. The number of anilines is 2. The molecule has 0 radical (unpaired) electrons. The van der Waals surface area contributed by atoms with Crippen LogP contribution < -0.4 is 24.2 Å². The van der Waals surface area contributed by atoms with E-state index in [1.54, 1.807) is 42.6 Å². The largest absolute Gasteiger partial charge is 0.491 e. The molecule has 0 fully saturated rings. The summed E-state index contributed by atoms with van der Waals surface area (Å²) >= 11 is 0. The van der Waals surface area contributed by atoms with E-state index in [0.717, 1.165) is 0 Å². The third-order valence-corrected chi connectivity index (χ3v) is 7.58. The number of carbonyl (C=O) groups excluding carboxylic acids is 1. The van der Waals surface area contributed by atoms with Gasteiger partial charge in [-0.2, -0.15) is 4.98 Å². The van der Waals surface area contributed by atoms with E-state index in [0.29, 0.717) is 39.3 Å². The molecule has 0 spiro atoms. The maximum atomic E-state index is 13.4. The van der Waals surface area contributed by atoms with Crippen LogP contribution >= 0.6 is 0 Å². The van der Waals surface area contributed by atoms with Crippen molar-refractivity contribution in [1.29, 1.82) is 0 Å². The Kier molecular flexibility index (Phi) is 9.95. The molecular weight excluding hydrogens is 578 g/mol. The molecule has 13 nitrogen and oxygen atoms in total. The van der Waals surface area contributed by atoms with E-state index < -0.39 is 16.0 Å². The van der Waals surface area contributed by atoms with Crippen molar-refractivity contribution in [2.45, 2.75) is 24.8 Å². The Balaban J connectivity index is 1.89. The molecule has 14 heteroatoms. The summed E-state index contributed by atoms with van der Waals surface area (Å²) in [6.45, 7) is 3.93. The van der Waals surface area contributed by atoms with Gasteiger partial charge in [-0.15, -0.1) is 0 Å². The second-order valence-electron chi connectivity index (χ2n) is 9.43. The van der Waals surface area contributed by atoms with Crippen LogP contribution in [-0.2, 0) is 19.5 Å². The maximum absolute atomic E-state index is 13.4. The maximum Gasteiger partial charge on any atom is 0.338 e. The number of pyridine rings is 1. The van der Waals surface area contributed by atoms with Crippen molar-refractivity contribution in [2.75, 3.05) is 46.9 Å². The van der Waals surface area contributed by atoms with Crippen molar-refractivity contribution >= 4 is 38.3 Å². The molecule has 4 aromatic rings. The van der Waals surface area contributed by atoms with Crippen molar-refractivity contribution in [3.63, 3.8) is 0 Å². The molecular formula is C29H33N5O8S. The summed E-state index contributed by atoms with van der Waals surface area (Å²) in [6.07, 6.45) is 2.65. The Morgan fingerprint density at radius 3 is 2.44 bits per heavy atom. The number of aromatic nitrogens is 3. The van der Waals surface area contributed by atoms with E-state index in [-0.39, 0.29) is 41.4 Å². The summed E-state index contributed by atoms with van der Waals surface area (Å²) < 4.78 is 55.7. The van der Waals surface area contributed by atoms with E-state index in [4.69, 9.17) is 23.7 Å². The predicted molar refractivity (Wildman–Crippen MR) is 160 cm³/mol. The van der Waals surface area contributed by atoms with Gasteiger partial charge in [0.05, 0.1) is 56.4 Å². The van der Waals surface area contributed by atoms with Gasteiger partial charge in [0.2, 0.25) is 15.9 Å². The van der Waals surface area contributed by atoms with Crippen molar-refractivity contribution in [3.05, 3.63) is 54.4 Å². The first-order valence-corrected chi connectivity index (χ1v) is 14.6. The monoisotopic (exact) mass is 611 g/mol. The average molecular weight is 612 g/mol. The van der Waals surface area contributed by atoms with Gasteiger partial charge in [0.25, 0.3) is 0 Å². The highest BCUT2D eigenvalue weighted by atomic mass is 32.2. The first-order chi connectivity index (χ1) is 20.6. The third kappa shape index (κ3) is 7.28. The Morgan fingerprint density at radius 1 is 0.977 bits per heavy atom. The lowest BCUT2D eigenvalue weighted by Gasteiger charge is -2.18. The summed E-state index contributed by atoms with van der Waals surface area (Å²) in [5.41, 5.74) is 2.58. The van der Waals surface area contributed by atoms with Crippen molar-refractivity contribution in [3.8, 4) is 28.8 Å². The smallest absolute Gasteiger partial charge is 0.338 e. The highest BCUT2D eigenvalue weighted by Gasteiger charge is 2.23. The zero-order valence-electron chi connectivity index (χ0n) is 24.6. The van der Waals surface area contributed by atoms with Crippen LogP contribution in [0.15, 0.2) is 53.7 Å². The van der Waals surface area contributed by atoms with Gasteiger partial charge in [0, 0.05) is 43.2 Å². The first kappa shape index (κ1) is 31.4. The number of rotatable bonds is 13. The second-order valence-corrected chi connectivity index (χ2v) is 11.2. The fourth-order valence-electron chi connectivity index (χ4n) is 4.23. The van der Waals surface area contributed by atoms with Gasteiger partial charge < -0.3 is 29.0 Å². The highest BCUT2D eigenvalue weighted by Crippen LogP contribution is 2.37. The second kappa shape index (κ2) is 13.6. The lowest BCUT2D eigenvalue weighted by Crippen LogP contribution is -2.28. The highest BCUT2D eigenvalue weighted by molar-refractivity contribution is 7.89. The van der Waals surface area contributed by atoms with Gasteiger partial charge in [0.1, 0.15) is 10.6 Å². The summed E-state index contributed by atoms with van der Waals surface area (Å²) in [5.74, 6) is 0.116. The van der Waals surface area contributed by atoms with Gasteiger partial charge in [-0.25, -0.2) is 22.9 Å². The standard InChI is InChI=1S/C29H33N5O8S/c1-17(2)42-21-12-19(28(35)40-5)11-20(14-21)33-26-22-8-7-18(23-15-31-29(41-6)34-27(23)39-4)13-24(22)30-16-25(26)43(36,37)32-9-10-38-3/h7-8,11-17,32H,9-10H2,1-6H3,(H,30,33). The minimum atomic E-state index is -4.05. The number of hydrogen-bond donors (Lipinski definition) is 2. The number of carbonyl (C=O) groups is 1. The normalized spacial score (nSPS) is 11.4. The molecule has 2 aromatic carbocycles. The number of sulfonamides is 1. The van der Waals surface area contributed by atoms with Crippen LogP contribution in [0.3, 0.4) is 0 Å². The molecule has 0 aliphatic carbocycles. The lowest BCUT2D eigenvalue weighted by atomic mass is 10.0. The minimum Gasteiger partial charge on any atom is -0.491 e. The summed E-state index contributed by atoms with van der Waals surface area (Å²) in [6, 6.07) is 10.2. The molecule has 228 valence electrons. The molecule has 2 heterocycles. The molecule has 4 rings (SSSR count). The van der Waals surface area contributed by atoms with Crippen LogP contribution in [0.25, 0.3) is 22.0 Å². The molecule has 0 amide bonds. The first-order valence-electron chi connectivity index (χ1n) is 13.1. The van der Waals surface area contributed by atoms with Crippen LogP contribution in [0.2, 0.25) is 0 Å². The zero-order valence-corrected chi connectivity index (χ0v) is 25.4. The fourth-order valence-corrected chi connectivity index (χ4v) is 5.35. The molecule has 0 saturated heterocycles. The van der Waals surface area contributed by atoms with Crippen LogP contribution in [0, 0.1) is 0 Å². The molecule has 0 bridgehead atoms. The Hall–Kier alpha value is -4.53. The molecule has 0 aliphatic rings. The number of methoxy groups -OCH3 is 4. The lowest BCUT2D eigenvalue weighted by molar-refractivity contribution is 0.0600. The summed E-state index contributed by atoms with van der Waals surface area (Å²) in [4.78, 5) is 25.2. The van der Waals surface area contributed by atoms with Gasteiger partial charge >= 0.3 is 12.0 Å². The topological polar surface area (TPSA) is 160 Å². The predicted octanol–water partition coefficient (Wildman–Crippen LogP) is 3.95. The molecule has 2 N–H and O–H groups in total. The Labute approximate surface area is 249 Å². The average Bonchev–Trinajstić information content (AvgIpc) is 2.99. The quantitative estimate of drug-likeness (QED) is 0.166. The third-order valence-electron chi connectivity index (χ3n) is 6.11. The van der Waals surface area contributed by atoms with E-state index in [2.05, 4.69) is 25.0 Å². The summed E-state index contributed by atoms with van der Waals surface area (Å²) in [5, 5.41) is 3.69. The van der Waals surface area contributed by atoms with Gasteiger partial charge in [0.15, 0.2) is 0 Å². The molecule has 2 aromatic heterocycles. The Bertz CT molecular complexity index is 1730. The van der Waals surface area contributed by atoms with E-state index in [1.807, 2.05) is 13.8 Å². The van der Waals surface area contributed by atoms with Crippen molar-refractivity contribution in [2.24, 2.45) is 0 Å². The van der Waals surface area contributed by atoms with Crippen LogP contribution in [0.4, 0.5) is 11.4 Å². The number of nitrogens with zero attached hydrogens (tertiary/aromatic N) is 3. The molecule has 43 heavy (non-hydrogen) atoms. The summed E-state index contributed by atoms with van der Waals surface area (Å²) in [7, 11) is 1.65. The van der Waals surface area contributed by atoms with Crippen LogP contribution in [0.5, 0.6) is 17.6 Å². The van der Waals surface area contributed by atoms with E-state index >= 15 is 0 Å². The van der Waals surface area contributed by atoms with E-state index in [9.17, 15) is 13.2 Å². The molecule has 0 aliphatic heterocycles. The van der Waals surface area contributed by atoms with Gasteiger partial charge in [-0.3, -0.25) is 4.98 Å². The molecule has 0 atom stereocenters. The number of nitrogens with one attached hydrogen (secondary N) is 2. The van der Waals surface area contributed by atoms with Crippen molar-refractivity contribution in [1.82, 2.24) is 19.7 Å². The SMILES string of the molecule is COCCNS(=O)(=O)c1cnc2cc(-c3cnc(OC)nc3OC)ccc2c1Nc1cc(OC(C)C)cc(C(=O)OC)c1. The van der Waals surface area contributed by atoms with Crippen LogP contribution in [0.1, 0.15) is 24.2 Å². The number of ether oxygens (including phenoxy) is 5. The number of esters is 1. The minimum absolute atomic E-state index is 0.0523. The molecule has 0 saturated carbocycles. The Morgan fingerprint density at radius 2 is 1.77 bits per heavy atom. The number of hydrogen-bond acceptors (Lipinski definition) is 12. The van der Waals surface area contributed by atoms with Crippen LogP contribution in [-0.4, -0.2) is 77.0 Å². The van der Waals surface area contributed by atoms with Crippen molar-refractivity contribution < 1.29 is 36.9 Å². The van der Waals surface area contributed by atoms with Gasteiger partial charge in [-0.05, 0) is 37.6 Å².